The van der Waals surface area contributed by atoms with Crippen LogP contribution in [0.2, 0.25) is 0 Å². The zero-order chi connectivity index (χ0) is 7.40. The highest BCUT2D eigenvalue weighted by molar-refractivity contribution is 5.54. The maximum Gasteiger partial charge on any atom is 0.123 e. The number of hydrogen-bond donors (Lipinski definition) is 1. The lowest BCUT2D eigenvalue weighted by Gasteiger charge is -2.25. The van der Waals surface area contributed by atoms with Crippen molar-refractivity contribution < 1.29 is 4.79 Å². The van der Waals surface area contributed by atoms with Crippen molar-refractivity contribution in [3.63, 3.8) is 0 Å². The Balaban J connectivity index is 2.41. The minimum absolute atomic E-state index is 0.263. The molecular weight excluding hydrogens is 126 g/mol. The monoisotopic (exact) mass is 141 g/mol. The van der Waals surface area contributed by atoms with Gasteiger partial charge in [0.05, 0.1) is 0 Å². The van der Waals surface area contributed by atoms with E-state index in [1.165, 1.54) is 12.8 Å². The van der Waals surface area contributed by atoms with Gasteiger partial charge in [0.2, 0.25) is 0 Å². The van der Waals surface area contributed by atoms with E-state index in [0.717, 1.165) is 19.1 Å². The molecule has 2 N–H and O–H groups in total. The molecule has 2 unspecified atom stereocenters. The van der Waals surface area contributed by atoms with Gasteiger partial charge in [0.1, 0.15) is 6.29 Å². The van der Waals surface area contributed by atoms with Gasteiger partial charge in [-0.2, -0.15) is 0 Å². The van der Waals surface area contributed by atoms with Crippen LogP contribution in [0.15, 0.2) is 0 Å². The molecule has 1 aliphatic rings. The predicted molar refractivity (Wildman–Crippen MR) is 40.6 cm³/mol. The van der Waals surface area contributed by atoms with Crippen LogP contribution in [0.5, 0.6) is 0 Å². The van der Waals surface area contributed by atoms with Crippen LogP contribution in [0, 0.1) is 11.8 Å². The van der Waals surface area contributed by atoms with E-state index < -0.39 is 0 Å². The van der Waals surface area contributed by atoms with Crippen LogP contribution in [0.3, 0.4) is 0 Å². The molecule has 10 heavy (non-hydrogen) atoms. The molecule has 0 aromatic rings. The van der Waals surface area contributed by atoms with Gasteiger partial charge in [0.15, 0.2) is 0 Å². The molecule has 0 aromatic heterocycles. The molecule has 0 bridgehead atoms. The molecule has 58 valence electrons. The van der Waals surface area contributed by atoms with Crippen LogP contribution in [0.1, 0.15) is 25.7 Å². The molecule has 0 spiro atoms. The third-order valence-electron chi connectivity index (χ3n) is 2.45. The summed E-state index contributed by atoms with van der Waals surface area (Å²) >= 11 is 0. The first-order valence-corrected chi connectivity index (χ1v) is 4.04. The highest BCUT2D eigenvalue weighted by Crippen LogP contribution is 2.27. The van der Waals surface area contributed by atoms with Crippen LogP contribution >= 0.6 is 0 Å². The lowest BCUT2D eigenvalue weighted by Crippen LogP contribution is -2.27. The molecule has 1 aliphatic carbocycles. The quantitative estimate of drug-likeness (QED) is 0.582. The summed E-state index contributed by atoms with van der Waals surface area (Å²) in [4.78, 5) is 10.5. The average Bonchev–Trinajstić information content (AvgIpc) is 2.04. The zero-order valence-electron chi connectivity index (χ0n) is 6.25. The Bertz CT molecular complexity index is 114. The van der Waals surface area contributed by atoms with Crippen molar-refractivity contribution in [2.24, 2.45) is 17.6 Å². The fourth-order valence-electron chi connectivity index (χ4n) is 1.71. The van der Waals surface area contributed by atoms with Crippen molar-refractivity contribution in [1.82, 2.24) is 0 Å². The molecule has 2 nitrogen and oxygen atoms in total. The van der Waals surface area contributed by atoms with E-state index in [1.54, 1.807) is 0 Å². The first-order valence-electron chi connectivity index (χ1n) is 4.04. The summed E-state index contributed by atoms with van der Waals surface area (Å²) in [5.74, 6) is 0.741. The smallest absolute Gasteiger partial charge is 0.123 e. The fraction of sp³-hybridized carbons (Fsp3) is 0.875. The normalized spacial score (nSPS) is 33.7. The summed E-state index contributed by atoms with van der Waals surface area (Å²) in [5, 5.41) is 0. The maximum atomic E-state index is 10.5. The molecule has 2 atom stereocenters. The molecule has 1 rings (SSSR count). The van der Waals surface area contributed by atoms with Gasteiger partial charge in [-0.05, 0) is 25.3 Å². The van der Waals surface area contributed by atoms with Gasteiger partial charge in [-0.1, -0.05) is 12.8 Å². The average molecular weight is 141 g/mol. The number of aldehydes is 1. The lowest BCUT2D eigenvalue weighted by atomic mass is 9.80. The van der Waals surface area contributed by atoms with Crippen molar-refractivity contribution in [2.75, 3.05) is 6.54 Å². The molecular formula is C8H15NO. The highest BCUT2D eigenvalue weighted by atomic mass is 16.1. The minimum atomic E-state index is 0.263. The Kier molecular flexibility index (Phi) is 2.87. The van der Waals surface area contributed by atoms with Crippen molar-refractivity contribution in [3.05, 3.63) is 0 Å². The SMILES string of the molecule is NCC1CCCCC1C=O. The molecule has 1 saturated carbocycles. The van der Waals surface area contributed by atoms with E-state index in [2.05, 4.69) is 0 Å². The molecule has 0 radical (unpaired) electrons. The van der Waals surface area contributed by atoms with Crippen LogP contribution in [0.4, 0.5) is 0 Å². The molecule has 0 saturated heterocycles. The first kappa shape index (κ1) is 7.73. The molecule has 0 aliphatic heterocycles. The number of rotatable bonds is 2. The van der Waals surface area contributed by atoms with Crippen molar-refractivity contribution >= 4 is 6.29 Å². The maximum absolute atomic E-state index is 10.5. The zero-order valence-corrected chi connectivity index (χ0v) is 6.25. The van der Waals surface area contributed by atoms with Gasteiger partial charge in [-0.3, -0.25) is 0 Å². The van der Waals surface area contributed by atoms with Crippen LogP contribution < -0.4 is 5.73 Å². The molecule has 0 heterocycles. The summed E-state index contributed by atoms with van der Waals surface area (Å²) in [6.07, 6.45) is 5.76. The molecule has 0 aromatic carbocycles. The van der Waals surface area contributed by atoms with Crippen LogP contribution in [0.25, 0.3) is 0 Å². The molecule has 2 heteroatoms. The minimum Gasteiger partial charge on any atom is -0.330 e. The van der Waals surface area contributed by atoms with Gasteiger partial charge >= 0.3 is 0 Å². The van der Waals surface area contributed by atoms with Crippen molar-refractivity contribution in [2.45, 2.75) is 25.7 Å². The summed E-state index contributed by atoms with van der Waals surface area (Å²) in [6.45, 7) is 0.684. The second-order valence-electron chi connectivity index (χ2n) is 3.08. The first-order chi connectivity index (χ1) is 4.88. The Morgan fingerprint density at radius 3 is 2.60 bits per heavy atom. The molecule has 1 fully saturated rings. The standard InChI is InChI=1S/C8H15NO/c9-5-7-3-1-2-4-8(7)6-10/h6-8H,1-5,9H2. The van der Waals surface area contributed by atoms with Crippen LogP contribution in [-0.2, 0) is 4.79 Å². The van der Waals surface area contributed by atoms with Gasteiger partial charge in [0.25, 0.3) is 0 Å². The third kappa shape index (κ3) is 1.57. The number of hydrogen-bond acceptors (Lipinski definition) is 2. The van der Waals surface area contributed by atoms with Gasteiger partial charge in [-0.15, -0.1) is 0 Å². The predicted octanol–water partition coefficient (Wildman–Crippen LogP) is 0.950. The van der Waals surface area contributed by atoms with Crippen molar-refractivity contribution in [3.8, 4) is 0 Å². The Morgan fingerprint density at radius 1 is 1.40 bits per heavy atom. The van der Waals surface area contributed by atoms with E-state index in [1.807, 2.05) is 0 Å². The number of carbonyl (C=O) groups excluding carboxylic acids is 1. The summed E-state index contributed by atoms with van der Waals surface area (Å²) in [5.41, 5.74) is 5.51. The summed E-state index contributed by atoms with van der Waals surface area (Å²) in [7, 11) is 0. The van der Waals surface area contributed by atoms with E-state index in [0.29, 0.717) is 12.5 Å². The van der Waals surface area contributed by atoms with E-state index in [-0.39, 0.29) is 5.92 Å². The highest BCUT2D eigenvalue weighted by Gasteiger charge is 2.22. The van der Waals surface area contributed by atoms with Gasteiger partial charge in [0, 0.05) is 5.92 Å². The molecule has 0 amide bonds. The van der Waals surface area contributed by atoms with Crippen LogP contribution in [-0.4, -0.2) is 12.8 Å². The largest absolute Gasteiger partial charge is 0.330 e. The Hall–Kier alpha value is -0.370. The second kappa shape index (κ2) is 3.71. The Labute approximate surface area is 61.8 Å². The third-order valence-corrected chi connectivity index (χ3v) is 2.45. The number of nitrogens with two attached hydrogens (primary N) is 1. The summed E-state index contributed by atoms with van der Waals surface area (Å²) in [6, 6.07) is 0. The second-order valence-corrected chi connectivity index (χ2v) is 3.08. The Morgan fingerprint density at radius 2 is 2.10 bits per heavy atom. The van der Waals surface area contributed by atoms with E-state index >= 15 is 0 Å². The van der Waals surface area contributed by atoms with Gasteiger partial charge in [-0.25, -0.2) is 0 Å². The topological polar surface area (TPSA) is 43.1 Å². The fourth-order valence-corrected chi connectivity index (χ4v) is 1.71. The van der Waals surface area contributed by atoms with Crippen molar-refractivity contribution in [1.29, 1.82) is 0 Å². The van der Waals surface area contributed by atoms with Gasteiger partial charge < -0.3 is 10.5 Å². The number of carbonyl (C=O) groups is 1. The van der Waals surface area contributed by atoms with E-state index in [4.69, 9.17) is 5.73 Å². The van der Waals surface area contributed by atoms with E-state index in [9.17, 15) is 4.79 Å². The lowest BCUT2D eigenvalue weighted by molar-refractivity contribution is -0.113. The summed E-state index contributed by atoms with van der Waals surface area (Å²) < 4.78 is 0.